The largest absolute Gasteiger partial charge is 0.416 e. The van der Waals surface area contributed by atoms with Crippen molar-refractivity contribution in [2.45, 2.75) is 44.3 Å². The molecule has 0 saturated heterocycles. The molecule has 0 amide bonds. The summed E-state index contributed by atoms with van der Waals surface area (Å²) in [6.45, 7) is 3.75. The first-order valence-corrected chi connectivity index (χ1v) is 6.30. The molecular weight excluding hydrogens is 255 g/mol. The van der Waals surface area contributed by atoms with Crippen molar-refractivity contribution in [3.8, 4) is 0 Å². The van der Waals surface area contributed by atoms with Gasteiger partial charge in [-0.05, 0) is 30.5 Å². The van der Waals surface area contributed by atoms with Crippen LogP contribution in [0, 0.1) is 0 Å². The lowest BCUT2D eigenvalue weighted by Crippen LogP contribution is -2.43. The summed E-state index contributed by atoms with van der Waals surface area (Å²) < 4.78 is 37.6. The topological polar surface area (TPSA) is 46.2 Å². The van der Waals surface area contributed by atoms with E-state index in [1.54, 1.807) is 0 Å². The van der Waals surface area contributed by atoms with Crippen LogP contribution in [0.4, 0.5) is 13.2 Å². The zero-order valence-electron chi connectivity index (χ0n) is 11.2. The maximum absolute atomic E-state index is 12.5. The predicted molar refractivity (Wildman–Crippen MR) is 68.8 cm³/mol. The summed E-state index contributed by atoms with van der Waals surface area (Å²) in [6.07, 6.45) is -3.22. The second kappa shape index (κ2) is 5.92. The number of aliphatic hydroxyl groups excluding tert-OH is 1. The summed E-state index contributed by atoms with van der Waals surface area (Å²) >= 11 is 0. The molecule has 0 heterocycles. The molecule has 1 aromatic carbocycles. The average molecular weight is 275 g/mol. The summed E-state index contributed by atoms with van der Waals surface area (Å²) in [7, 11) is 0. The first-order valence-electron chi connectivity index (χ1n) is 6.30. The van der Waals surface area contributed by atoms with Crippen LogP contribution in [0.1, 0.15) is 37.8 Å². The Labute approximate surface area is 111 Å². The number of aliphatic hydroxyl groups is 1. The number of benzene rings is 1. The number of alkyl halides is 3. The lowest BCUT2D eigenvalue weighted by molar-refractivity contribution is -0.137. The quantitative estimate of drug-likeness (QED) is 0.867. The molecule has 0 bridgehead atoms. The minimum absolute atomic E-state index is 0.0504. The molecule has 0 spiro atoms. The lowest BCUT2D eigenvalue weighted by atomic mass is 9.73. The summed E-state index contributed by atoms with van der Waals surface area (Å²) in [5, 5.41) is 9.16. The Morgan fingerprint density at radius 3 is 2.00 bits per heavy atom. The fraction of sp³-hybridized carbons (Fsp3) is 0.571. The van der Waals surface area contributed by atoms with Gasteiger partial charge in [-0.3, -0.25) is 0 Å². The van der Waals surface area contributed by atoms with E-state index < -0.39 is 17.2 Å². The standard InChI is InChI=1S/C14H20F3NO/c1-3-12(18)13(2,8-9-19)10-4-6-11(7-5-10)14(15,16)17/h4-7,12,19H,3,8-9,18H2,1-2H3. The van der Waals surface area contributed by atoms with E-state index >= 15 is 0 Å². The SMILES string of the molecule is CCC(N)C(C)(CCO)c1ccc(C(F)(F)F)cc1. The third-order valence-corrected chi connectivity index (χ3v) is 3.76. The summed E-state index contributed by atoms with van der Waals surface area (Å²) in [5.41, 5.74) is 5.59. The van der Waals surface area contributed by atoms with Crippen LogP contribution in [-0.2, 0) is 11.6 Å². The lowest BCUT2D eigenvalue weighted by Gasteiger charge is -2.35. The van der Waals surface area contributed by atoms with E-state index in [2.05, 4.69) is 0 Å². The molecule has 2 unspecified atom stereocenters. The highest BCUT2D eigenvalue weighted by atomic mass is 19.4. The van der Waals surface area contributed by atoms with Crippen molar-refractivity contribution in [2.75, 3.05) is 6.61 Å². The minimum Gasteiger partial charge on any atom is -0.396 e. The number of halogens is 3. The third kappa shape index (κ3) is 3.48. The Morgan fingerprint density at radius 2 is 1.63 bits per heavy atom. The number of rotatable bonds is 5. The van der Waals surface area contributed by atoms with Gasteiger partial charge in [0, 0.05) is 18.1 Å². The molecule has 1 aromatic rings. The molecule has 0 aliphatic rings. The molecule has 1 rings (SSSR count). The predicted octanol–water partition coefficient (Wildman–Crippen LogP) is 3.08. The van der Waals surface area contributed by atoms with Gasteiger partial charge in [0.1, 0.15) is 0 Å². The van der Waals surface area contributed by atoms with E-state index in [1.165, 1.54) is 12.1 Å². The first-order chi connectivity index (χ1) is 8.75. The molecule has 0 radical (unpaired) electrons. The smallest absolute Gasteiger partial charge is 0.396 e. The van der Waals surface area contributed by atoms with Gasteiger partial charge in [-0.2, -0.15) is 13.2 Å². The van der Waals surface area contributed by atoms with Crippen LogP contribution in [0.15, 0.2) is 24.3 Å². The molecule has 108 valence electrons. The van der Waals surface area contributed by atoms with E-state index in [4.69, 9.17) is 10.8 Å². The van der Waals surface area contributed by atoms with Crippen LogP contribution in [-0.4, -0.2) is 17.8 Å². The van der Waals surface area contributed by atoms with Gasteiger partial charge in [0.05, 0.1) is 5.56 Å². The molecule has 0 fully saturated rings. The molecule has 3 N–H and O–H groups in total. The molecule has 5 heteroatoms. The van der Waals surface area contributed by atoms with E-state index in [0.29, 0.717) is 12.8 Å². The van der Waals surface area contributed by atoms with Crippen LogP contribution >= 0.6 is 0 Å². The van der Waals surface area contributed by atoms with Gasteiger partial charge in [-0.15, -0.1) is 0 Å². The van der Waals surface area contributed by atoms with Crippen LogP contribution < -0.4 is 5.73 Å². The molecule has 2 nitrogen and oxygen atoms in total. The van der Waals surface area contributed by atoms with Crippen LogP contribution in [0.2, 0.25) is 0 Å². The highest BCUT2D eigenvalue weighted by Gasteiger charge is 2.34. The molecule has 19 heavy (non-hydrogen) atoms. The van der Waals surface area contributed by atoms with Crippen molar-refractivity contribution in [3.05, 3.63) is 35.4 Å². The molecule has 0 aromatic heterocycles. The maximum atomic E-state index is 12.5. The van der Waals surface area contributed by atoms with Crippen molar-refractivity contribution in [3.63, 3.8) is 0 Å². The highest BCUT2D eigenvalue weighted by molar-refractivity contribution is 5.31. The van der Waals surface area contributed by atoms with Gasteiger partial charge in [0.2, 0.25) is 0 Å². The van der Waals surface area contributed by atoms with Gasteiger partial charge in [-0.25, -0.2) is 0 Å². The van der Waals surface area contributed by atoms with Gasteiger partial charge >= 0.3 is 6.18 Å². The fourth-order valence-electron chi connectivity index (χ4n) is 2.27. The Morgan fingerprint density at radius 1 is 1.16 bits per heavy atom. The molecule has 0 aliphatic heterocycles. The average Bonchev–Trinajstić information content (AvgIpc) is 2.37. The van der Waals surface area contributed by atoms with Crippen molar-refractivity contribution < 1.29 is 18.3 Å². The maximum Gasteiger partial charge on any atom is 0.416 e. The Bertz CT molecular complexity index is 402. The highest BCUT2D eigenvalue weighted by Crippen LogP contribution is 2.35. The normalized spacial score (nSPS) is 17.0. The monoisotopic (exact) mass is 275 g/mol. The zero-order chi connectivity index (χ0) is 14.7. The second-order valence-corrected chi connectivity index (χ2v) is 4.98. The number of nitrogens with two attached hydrogens (primary N) is 1. The second-order valence-electron chi connectivity index (χ2n) is 4.98. The van der Waals surface area contributed by atoms with Crippen molar-refractivity contribution in [1.29, 1.82) is 0 Å². The van der Waals surface area contributed by atoms with Gasteiger partial charge in [-0.1, -0.05) is 26.0 Å². The van der Waals surface area contributed by atoms with Crippen LogP contribution in [0.25, 0.3) is 0 Å². The fourth-order valence-corrected chi connectivity index (χ4v) is 2.27. The number of hydrogen-bond donors (Lipinski definition) is 2. The van der Waals surface area contributed by atoms with E-state index in [0.717, 1.165) is 17.7 Å². The van der Waals surface area contributed by atoms with Crippen molar-refractivity contribution >= 4 is 0 Å². The van der Waals surface area contributed by atoms with Gasteiger partial charge < -0.3 is 10.8 Å². The first kappa shape index (κ1) is 16.0. The molecule has 0 aliphatic carbocycles. The Kier molecular flexibility index (Phi) is 4.98. The Hall–Kier alpha value is -1.07. The van der Waals surface area contributed by atoms with E-state index in [-0.39, 0.29) is 12.6 Å². The van der Waals surface area contributed by atoms with Gasteiger partial charge in [0.25, 0.3) is 0 Å². The number of hydrogen-bond acceptors (Lipinski definition) is 2. The van der Waals surface area contributed by atoms with Crippen LogP contribution in [0.3, 0.4) is 0 Å². The summed E-state index contributed by atoms with van der Waals surface area (Å²) in [4.78, 5) is 0. The van der Waals surface area contributed by atoms with Gasteiger partial charge in [0.15, 0.2) is 0 Å². The molecule has 2 atom stereocenters. The summed E-state index contributed by atoms with van der Waals surface area (Å²) in [6, 6.07) is 4.82. The minimum atomic E-state index is -4.33. The zero-order valence-corrected chi connectivity index (χ0v) is 11.2. The van der Waals surface area contributed by atoms with E-state index in [9.17, 15) is 13.2 Å². The molecular formula is C14H20F3NO. The van der Waals surface area contributed by atoms with Crippen molar-refractivity contribution in [1.82, 2.24) is 0 Å². The summed E-state index contributed by atoms with van der Waals surface area (Å²) in [5.74, 6) is 0. The Balaban J connectivity index is 3.11. The van der Waals surface area contributed by atoms with Crippen LogP contribution in [0.5, 0.6) is 0 Å². The van der Waals surface area contributed by atoms with Crippen molar-refractivity contribution in [2.24, 2.45) is 5.73 Å². The van der Waals surface area contributed by atoms with E-state index in [1.807, 2.05) is 13.8 Å². The molecule has 0 saturated carbocycles. The third-order valence-electron chi connectivity index (χ3n) is 3.76.